The van der Waals surface area contributed by atoms with Crippen LogP contribution in [-0.2, 0) is 10.0 Å². The van der Waals surface area contributed by atoms with Crippen molar-refractivity contribution in [1.29, 1.82) is 0 Å². The van der Waals surface area contributed by atoms with Gasteiger partial charge in [0, 0.05) is 5.56 Å². The van der Waals surface area contributed by atoms with Gasteiger partial charge >= 0.3 is 0 Å². The quantitative estimate of drug-likeness (QED) is 0.583. The molecule has 0 amide bonds. The van der Waals surface area contributed by atoms with E-state index < -0.39 is 10.0 Å². The number of anilines is 1. The number of rotatable bonds is 3. The van der Waals surface area contributed by atoms with Crippen LogP contribution < -0.4 is 10.9 Å². The van der Waals surface area contributed by atoms with Gasteiger partial charge < -0.3 is 5.73 Å². The van der Waals surface area contributed by atoms with Gasteiger partial charge in [-0.3, -0.25) is 4.98 Å². The SMILES string of the molecule is Nc1cnc(-c2cccc(S(N)(=O)=O)c2-c2nn[nH]n2)cn1. The van der Waals surface area contributed by atoms with Crippen LogP contribution in [0, 0.1) is 0 Å². The molecule has 3 rings (SSSR count). The topological polar surface area (TPSA) is 166 Å². The van der Waals surface area contributed by atoms with Gasteiger partial charge in [-0.05, 0) is 11.3 Å². The number of hydrogen-bond donors (Lipinski definition) is 3. The number of aromatic nitrogens is 6. The van der Waals surface area contributed by atoms with Gasteiger partial charge in [-0.1, -0.05) is 12.1 Å². The maximum Gasteiger partial charge on any atom is 0.238 e. The Hall–Kier alpha value is -2.92. The molecule has 11 heteroatoms. The standard InChI is InChI=1S/C11H10N8O2S/c12-9-5-14-7(4-15-9)6-2-1-3-8(22(13,20)21)10(6)11-16-18-19-17-11/h1-5H,(H2,12,15)(H2,13,20,21)(H,16,17,18,19). The highest BCUT2D eigenvalue weighted by atomic mass is 32.2. The number of sulfonamides is 1. The van der Waals surface area contributed by atoms with E-state index in [1.165, 1.54) is 24.5 Å². The minimum atomic E-state index is -3.99. The number of nitrogens with one attached hydrogen (secondary N) is 1. The molecule has 0 spiro atoms. The smallest absolute Gasteiger partial charge is 0.238 e. The number of tetrazole rings is 1. The molecule has 0 saturated heterocycles. The van der Waals surface area contributed by atoms with Crippen LogP contribution in [0.25, 0.3) is 22.6 Å². The molecule has 0 unspecified atom stereocenters. The maximum atomic E-state index is 11.8. The fourth-order valence-electron chi connectivity index (χ4n) is 1.96. The fraction of sp³-hybridized carbons (Fsp3) is 0. The van der Waals surface area contributed by atoms with E-state index in [0.29, 0.717) is 11.3 Å². The van der Waals surface area contributed by atoms with E-state index in [9.17, 15) is 8.42 Å². The lowest BCUT2D eigenvalue weighted by Gasteiger charge is -2.10. The molecule has 1 aromatic carbocycles. The summed E-state index contributed by atoms with van der Waals surface area (Å²) in [5, 5.41) is 18.6. The van der Waals surface area contributed by atoms with E-state index in [1.54, 1.807) is 6.07 Å². The van der Waals surface area contributed by atoms with Gasteiger partial charge in [0.15, 0.2) is 0 Å². The lowest BCUT2D eigenvalue weighted by atomic mass is 10.0. The zero-order valence-electron chi connectivity index (χ0n) is 11.0. The van der Waals surface area contributed by atoms with Crippen LogP contribution in [0.1, 0.15) is 0 Å². The highest BCUT2D eigenvalue weighted by molar-refractivity contribution is 7.89. The number of primary sulfonamides is 1. The third kappa shape index (κ3) is 2.49. The number of aromatic amines is 1. The van der Waals surface area contributed by atoms with E-state index in [1.807, 2.05) is 0 Å². The minimum Gasteiger partial charge on any atom is -0.382 e. The molecule has 0 aliphatic rings. The molecule has 112 valence electrons. The number of nitrogens with zero attached hydrogens (tertiary/aromatic N) is 5. The van der Waals surface area contributed by atoms with Crippen LogP contribution in [0.15, 0.2) is 35.5 Å². The van der Waals surface area contributed by atoms with Crippen molar-refractivity contribution in [3.8, 4) is 22.6 Å². The molecular formula is C11H10N8O2S. The second-order valence-corrected chi connectivity index (χ2v) is 5.82. The zero-order valence-corrected chi connectivity index (χ0v) is 11.8. The van der Waals surface area contributed by atoms with E-state index >= 15 is 0 Å². The summed E-state index contributed by atoms with van der Waals surface area (Å²) in [4.78, 5) is 7.94. The first-order chi connectivity index (χ1) is 10.5. The Morgan fingerprint density at radius 1 is 1.14 bits per heavy atom. The summed E-state index contributed by atoms with van der Waals surface area (Å²) in [5.74, 6) is 0.325. The van der Waals surface area contributed by atoms with Crippen molar-refractivity contribution in [3.05, 3.63) is 30.6 Å². The summed E-state index contributed by atoms with van der Waals surface area (Å²) >= 11 is 0. The monoisotopic (exact) mass is 318 g/mol. The van der Waals surface area contributed by atoms with Gasteiger partial charge in [0.25, 0.3) is 0 Å². The van der Waals surface area contributed by atoms with E-state index in [4.69, 9.17) is 10.9 Å². The Bertz CT molecular complexity index is 906. The molecule has 10 nitrogen and oxygen atoms in total. The largest absolute Gasteiger partial charge is 0.382 e. The molecule has 0 fully saturated rings. The Kier molecular flexibility index (Phi) is 3.27. The molecule has 0 aliphatic carbocycles. The number of benzene rings is 1. The van der Waals surface area contributed by atoms with E-state index in [0.717, 1.165) is 0 Å². The summed E-state index contributed by atoms with van der Waals surface area (Å²) in [6, 6.07) is 4.55. The molecule has 0 aliphatic heterocycles. The van der Waals surface area contributed by atoms with Crippen molar-refractivity contribution in [3.63, 3.8) is 0 Å². The van der Waals surface area contributed by atoms with E-state index in [2.05, 4.69) is 30.6 Å². The number of nitrogens with two attached hydrogens (primary N) is 2. The van der Waals surface area contributed by atoms with Crippen molar-refractivity contribution >= 4 is 15.8 Å². The molecule has 22 heavy (non-hydrogen) atoms. The predicted octanol–water partition coefficient (Wildman–Crippen LogP) is -0.447. The number of H-pyrrole nitrogens is 1. The third-order valence-electron chi connectivity index (χ3n) is 2.85. The van der Waals surface area contributed by atoms with Gasteiger partial charge in [0.05, 0.1) is 28.5 Å². The van der Waals surface area contributed by atoms with Gasteiger partial charge in [-0.25, -0.2) is 18.5 Å². The average Bonchev–Trinajstić information content (AvgIpc) is 3.00. The zero-order chi connectivity index (χ0) is 15.7. The molecule has 0 bridgehead atoms. The first-order valence-corrected chi connectivity index (χ1v) is 7.49. The Labute approximate surface area is 124 Å². The molecule has 0 atom stereocenters. The molecule has 3 aromatic rings. The molecule has 2 heterocycles. The lowest BCUT2D eigenvalue weighted by molar-refractivity contribution is 0.598. The molecule has 2 aromatic heterocycles. The summed E-state index contributed by atoms with van der Waals surface area (Å²) in [6.07, 6.45) is 2.78. The molecule has 0 saturated carbocycles. The van der Waals surface area contributed by atoms with Crippen LogP contribution in [0.2, 0.25) is 0 Å². The van der Waals surface area contributed by atoms with Gasteiger partial charge in [-0.2, -0.15) is 5.21 Å². The van der Waals surface area contributed by atoms with Crippen LogP contribution in [-0.4, -0.2) is 39.0 Å². The van der Waals surface area contributed by atoms with E-state index in [-0.39, 0.29) is 22.1 Å². The highest BCUT2D eigenvalue weighted by Crippen LogP contribution is 2.33. The maximum absolute atomic E-state index is 11.8. The number of nitrogen functional groups attached to an aromatic ring is 1. The minimum absolute atomic E-state index is 0.0817. The highest BCUT2D eigenvalue weighted by Gasteiger charge is 2.22. The molecule has 5 N–H and O–H groups in total. The Morgan fingerprint density at radius 2 is 1.95 bits per heavy atom. The number of hydrogen-bond acceptors (Lipinski definition) is 8. The van der Waals surface area contributed by atoms with Crippen molar-refractivity contribution in [1.82, 2.24) is 30.6 Å². The lowest BCUT2D eigenvalue weighted by Crippen LogP contribution is -2.14. The second-order valence-electron chi connectivity index (χ2n) is 4.29. The molecular weight excluding hydrogens is 308 g/mol. The second kappa shape index (κ2) is 5.13. The third-order valence-corrected chi connectivity index (χ3v) is 3.80. The van der Waals surface area contributed by atoms with Gasteiger partial charge in [-0.15, -0.1) is 10.2 Å². The average molecular weight is 318 g/mol. The van der Waals surface area contributed by atoms with Crippen molar-refractivity contribution in [2.45, 2.75) is 4.90 Å². The van der Waals surface area contributed by atoms with Crippen molar-refractivity contribution in [2.75, 3.05) is 5.73 Å². The van der Waals surface area contributed by atoms with Crippen molar-refractivity contribution < 1.29 is 8.42 Å². The normalized spacial score (nSPS) is 11.5. The Morgan fingerprint density at radius 3 is 2.55 bits per heavy atom. The fourth-order valence-corrected chi connectivity index (χ4v) is 2.71. The Balaban J connectivity index is 2.34. The van der Waals surface area contributed by atoms with Crippen molar-refractivity contribution in [2.24, 2.45) is 5.14 Å². The summed E-state index contributed by atoms with van der Waals surface area (Å²) < 4.78 is 23.6. The predicted molar refractivity (Wildman–Crippen MR) is 76.4 cm³/mol. The first kappa shape index (κ1) is 14.0. The first-order valence-electron chi connectivity index (χ1n) is 5.94. The summed E-state index contributed by atoms with van der Waals surface area (Å²) in [5.41, 5.74) is 6.55. The molecule has 0 radical (unpaired) electrons. The summed E-state index contributed by atoms with van der Waals surface area (Å²) in [7, 11) is -3.99. The van der Waals surface area contributed by atoms with Crippen LogP contribution in [0.5, 0.6) is 0 Å². The van der Waals surface area contributed by atoms with Gasteiger partial charge in [0.1, 0.15) is 5.82 Å². The van der Waals surface area contributed by atoms with Gasteiger partial charge in [0.2, 0.25) is 15.8 Å². The van der Waals surface area contributed by atoms with Crippen LogP contribution in [0.4, 0.5) is 5.82 Å². The van der Waals surface area contributed by atoms with Crippen LogP contribution in [0.3, 0.4) is 0 Å². The van der Waals surface area contributed by atoms with Crippen LogP contribution >= 0.6 is 0 Å². The summed E-state index contributed by atoms with van der Waals surface area (Å²) in [6.45, 7) is 0.